The fourth-order valence-corrected chi connectivity index (χ4v) is 2.60. The summed E-state index contributed by atoms with van der Waals surface area (Å²) in [7, 11) is 0. The van der Waals surface area contributed by atoms with Gasteiger partial charge in [-0.15, -0.1) is 0 Å². The van der Waals surface area contributed by atoms with Gasteiger partial charge in [0.05, 0.1) is 10.0 Å². The number of likely N-dealkylation sites (tertiary alicyclic amines) is 1. The van der Waals surface area contributed by atoms with Crippen molar-refractivity contribution < 1.29 is 0 Å². The van der Waals surface area contributed by atoms with Gasteiger partial charge in [-0.2, -0.15) is 0 Å². The predicted octanol–water partition coefficient (Wildman–Crippen LogP) is 4.54. The van der Waals surface area contributed by atoms with Crippen LogP contribution in [0.1, 0.15) is 37.8 Å². The molecule has 0 radical (unpaired) electrons. The summed E-state index contributed by atoms with van der Waals surface area (Å²) in [5, 5.41) is 1.29. The number of piperidine rings is 1. The van der Waals surface area contributed by atoms with Gasteiger partial charge in [-0.25, -0.2) is 0 Å². The first-order valence-corrected chi connectivity index (χ1v) is 6.63. The zero-order valence-electron chi connectivity index (χ0n) is 9.55. The van der Waals surface area contributed by atoms with Gasteiger partial charge in [0.2, 0.25) is 0 Å². The monoisotopic (exact) mass is 257 g/mol. The average Bonchev–Trinajstić information content (AvgIpc) is 2.33. The Morgan fingerprint density at radius 3 is 2.38 bits per heavy atom. The highest BCUT2D eigenvalue weighted by molar-refractivity contribution is 6.42. The summed E-state index contributed by atoms with van der Waals surface area (Å²) < 4.78 is 0. The average molecular weight is 258 g/mol. The molecule has 1 saturated heterocycles. The van der Waals surface area contributed by atoms with Crippen LogP contribution in [0.3, 0.4) is 0 Å². The van der Waals surface area contributed by atoms with Gasteiger partial charge < -0.3 is 0 Å². The molecule has 1 aliphatic heterocycles. The van der Waals surface area contributed by atoms with Crippen molar-refractivity contribution in [3.05, 3.63) is 33.8 Å². The highest BCUT2D eigenvalue weighted by Gasteiger charge is 2.18. The Morgan fingerprint density at radius 1 is 1.06 bits per heavy atom. The van der Waals surface area contributed by atoms with Crippen LogP contribution in [0.2, 0.25) is 10.0 Å². The Morgan fingerprint density at radius 2 is 1.75 bits per heavy atom. The van der Waals surface area contributed by atoms with Crippen LogP contribution in [-0.2, 0) is 0 Å². The molecule has 1 aliphatic rings. The van der Waals surface area contributed by atoms with Crippen LogP contribution in [0.15, 0.2) is 18.2 Å². The van der Waals surface area contributed by atoms with E-state index in [-0.39, 0.29) is 0 Å². The van der Waals surface area contributed by atoms with Crippen molar-refractivity contribution in [2.75, 3.05) is 13.1 Å². The number of nitrogens with zero attached hydrogens (tertiary/aromatic N) is 1. The minimum Gasteiger partial charge on any atom is -0.297 e. The van der Waals surface area contributed by atoms with Crippen molar-refractivity contribution in [1.29, 1.82) is 0 Å². The molecule has 0 aromatic heterocycles. The van der Waals surface area contributed by atoms with Crippen LogP contribution in [0.4, 0.5) is 0 Å². The summed E-state index contributed by atoms with van der Waals surface area (Å²) in [6.07, 6.45) is 3.99. The molecule has 88 valence electrons. The van der Waals surface area contributed by atoms with E-state index in [1.807, 2.05) is 12.1 Å². The van der Waals surface area contributed by atoms with Crippen LogP contribution < -0.4 is 0 Å². The van der Waals surface area contributed by atoms with Gasteiger partial charge in [-0.1, -0.05) is 35.7 Å². The quantitative estimate of drug-likeness (QED) is 0.752. The Labute approximate surface area is 107 Å². The molecule has 0 amide bonds. The molecule has 0 bridgehead atoms. The van der Waals surface area contributed by atoms with Crippen molar-refractivity contribution in [3.8, 4) is 0 Å². The zero-order valence-corrected chi connectivity index (χ0v) is 11.1. The molecular formula is C13H17Cl2N. The Balaban J connectivity index is 2.12. The minimum atomic E-state index is 0.440. The summed E-state index contributed by atoms with van der Waals surface area (Å²) in [6, 6.07) is 6.39. The third-order valence-electron chi connectivity index (χ3n) is 3.36. The first kappa shape index (κ1) is 12.2. The minimum absolute atomic E-state index is 0.440. The van der Waals surface area contributed by atoms with Gasteiger partial charge in [-0.05, 0) is 50.6 Å². The van der Waals surface area contributed by atoms with E-state index in [9.17, 15) is 0 Å². The molecule has 3 heteroatoms. The van der Waals surface area contributed by atoms with Gasteiger partial charge in [0, 0.05) is 6.04 Å². The van der Waals surface area contributed by atoms with Gasteiger partial charge in [-0.3, -0.25) is 4.90 Å². The molecule has 0 unspecified atom stereocenters. The molecule has 1 aromatic rings. The van der Waals surface area contributed by atoms with Gasteiger partial charge >= 0.3 is 0 Å². The lowest BCUT2D eigenvalue weighted by Gasteiger charge is -2.32. The maximum Gasteiger partial charge on any atom is 0.0595 e. The van der Waals surface area contributed by atoms with E-state index in [1.165, 1.54) is 37.9 Å². The molecule has 2 rings (SSSR count). The first-order valence-electron chi connectivity index (χ1n) is 5.87. The second kappa shape index (κ2) is 5.39. The van der Waals surface area contributed by atoms with Crippen molar-refractivity contribution in [2.45, 2.75) is 32.2 Å². The number of hydrogen-bond donors (Lipinski definition) is 0. The van der Waals surface area contributed by atoms with Crippen LogP contribution in [-0.4, -0.2) is 18.0 Å². The summed E-state index contributed by atoms with van der Waals surface area (Å²) in [6.45, 7) is 4.63. The second-order valence-electron chi connectivity index (χ2n) is 4.45. The molecular weight excluding hydrogens is 241 g/mol. The molecule has 0 aliphatic carbocycles. The highest BCUT2D eigenvalue weighted by Crippen LogP contribution is 2.29. The molecule has 1 nitrogen and oxygen atoms in total. The first-order chi connectivity index (χ1) is 7.68. The largest absolute Gasteiger partial charge is 0.297 e. The molecule has 1 atom stereocenters. The topological polar surface area (TPSA) is 3.24 Å². The van der Waals surface area contributed by atoms with Crippen molar-refractivity contribution in [3.63, 3.8) is 0 Å². The predicted molar refractivity (Wildman–Crippen MR) is 70.3 cm³/mol. The van der Waals surface area contributed by atoms with Crippen LogP contribution in [0.25, 0.3) is 0 Å². The third kappa shape index (κ3) is 2.71. The fraction of sp³-hybridized carbons (Fsp3) is 0.538. The lowest BCUT2D eigenvalue weighted by Crippen LogP contribution is -2.32. The standard InChI is InChI=1S/C13H17Cl2N/c1-10(16-7-3-2-4-8-16)11-5-6-12(14)13(15)9-11/h5-6,9-10H,2-4,7-8H2,1H3/t10-/m1/s1. The smallest absolute Gasteiger partial charge is 0.0595 e. The molecule has 1 heterocycles. The highest BCUT2D eigenvalue weighted by atomic mass is 35.5. The van der Waals surface area contributed by atoms with Gasteiger partial charge in [0.25, 0.3) is 0 Å². The number of halogens is 2. The summed E-state index contributed by atoms with van der Waals surface area (Å²) in [4.78, 5) is 2.52. The Hall–Kier alpha value is -0.240. The third-order valence-corrected chi connectivity index (χ3v) is 4.10. The summed E-state index contributed by atoms with van der Waals surface area (Å²) in [5.74, 6) is 0. The SMILES string of the molecule is C[C@H](c1ccc(Cl)c(Cl)c1)N1CCCCC1. The van der Waals surface area contributed by atoms with E-state index in [0.29, 0.717) is 16.1 Å². The van der Waals surface area contributed by atoms with E-state index in [0.717, 1.165) is 0 Å². The number of rotatable bonds is 2. The van der Waals surface area contributed by atoms with Crippen molar-refractivity contribution in [1.82, 2.24) is 4.90 Å². The Kier molecular flexibility index (Phi) is 4.12. The van der Waals surface area contributed by atoms with Crippen molar-refractivity contribution >= 4 is 23.2 Å². The maximum absolute atomic E-state index is 6.05. The van der Waals surface area contributed by atoms with Gasteiger partial charge in [0.1, 0.15) is 0 Å². The lowest BCUT2D eigenvalue weighted by atomic mass is 10.0. The lowest BCUT2D eigenvalue weighted by molar-refractivity contribution is 0.175. The summed E-state index contributed by atoms with van der Waals surface area (Å²) >= 11 is 12.0. The molecule has 1 fully saturated rings. The Bertz CT molecular complexity index is 359. The second-order valence-corrected chi connectivity index (χ2v) is 5.26. The van der Waals surface area contributed by atoms with Crippen molar-refractivity contribution in [2.24, 2.45) is 0 Å². The van der Waals surface area contributed by atoms with E-state index < -0.39 is 0 Å². The zero-order chi connectivity index (χ0) is 11.5. The number of benzene rings is 1. The maximum atomic E-state index is 6.05. The number of hydrogen-bond acceptors (Lipinski definition) is 1. The van der Waals surface area contributed by atoms with Crippen LogP contribution in [0.5, 0.6) is 0 Å². The van der Waals surface area contributed by atoms with E-state index >= 15 is 0 Å². The summed E-state index contributed by atoms with van der Waals surface area (Å²) in [5.41, 5.74) is 1.26. The van der Waals surface area contributed by atoms with Gasteiger partial charge in [0.15, 0.2) is 0 Å². The molecule has 16 heavy (non-hydrogen) atoms. The van der Waals surface area contributed by atoms with E-state index in [4.69, 9.17) is 23.2 Å². The molecule has 0 spiro atoms. The molecule has 0 saturated carbocycles. The fourth-order valence-electron chi connectivity index (χ4n) is 2.29. The van der Waals surface area contributed by atoms with Crippen LogP contribution >= 0.6 is 23.2 Å². The normalized spacial score (nSPS) is 19.7. The molecule has 0 N–H and O–H groups in total. The van der Waals surface area contributed by atoms with Crippen LogP contribution in [0, 0.1) is 0 Å². The molecule has 1 aromatic carbocycles. The van der Waals surface area contributed by atoms with E-state index in [2.05, 4.69) is 17.9 Å². The van der Waals surface area contributed by atoms with E-state index in [1.54, 1.807) is 0 Å².